The lowest BCUT2D eigenvalue weighted by atomic mass is 10.1. The van der Waals surface area contributed by atoms with Gasteiger partial charge in [0.1, 0.15) is 0 Å². The van der Waals surface area contributed by atoms with Gasteiger partial charge in [-0.05, 0) is 19.1 Å². The average Bonchev–Trinajstić information content (AvgIpc) is 2.49. The number of carbonyl (C=O) groups is 1. The van der Waals surface area contributed by atoms with Crippen molar-refractivity contribution in [3.05, 3.63) is 21.9 Å². The Morgan fingerprint density at radius 2 is 2.23 bits per heavy atom. The van der Waals surface area contributed by atoms with E-state index in [4.69, 9.17) is 15.9 Å². The Labute approximate surface area is 79.6 Å². The molecule has 72 valence electrons. The largest absolute Gasteiger partial charge is 0.479 e. The second-order valence-corrected chi connectivity index (χ2v) is 4.08. The van der Waals surface area contributed by atoms with E-state index in [9.17, 15) is 4.79 Å². The Balaban J connectivity index is 2.78. The number of aliphatic hydroxyl groups excluding tert-OH is 1. The molecule has 13 heavy (non-hydrogen) atoms. The van der Waals surface area contributed by atoms with Crippen LogP contribution in [0, 0.1) is 6.92 Å². The first kappa shape index (κ1) is 10.2. The number of hydrogen-bond donors (Lipinski definition) is 3. The highest BCUT2D eigenvalue weighted by molar-refractivity contribution is 7.12. The van der Waals surface area contributed by atoms with Gasteiger partial charge in [-0.25, -0.2) is 4.79 Å². The Hall–Kier alpha value is -0.910. The summed E-state index contributed by atoms with van der Waals surface area (Å²) >= 11 is 1.39. The molecule has 0 aliphatic heterocycles. The number of aryl methyl sites for hydroxylation is 1. The smallest absolute Gasteiger partial charge is 0.334 e. The fourth-order valence-corrected chi connectivity index (χ4v) is 1.85. The summed E-state index contributed by atoms with van der Waals surface area (Å²) in [6.07, 6.45) is -1.53. The molecule has 0 unspecified atom stereocenters. The second kappa shape index (κ2) is 3.87. The molecule has 0 spiro atoms. The molecule has 2 atom stereocenters. The molecule has 0 radical (unpaired) electrons. The van der Waals surface area contributed by atoms with Crippen LogP contribution in [0.15, 0.2) is 12.1 Å². The number of carboxylic acids is 1. The van der Waals surface area contributed by atoms with Crippen LogP contribution in [-0.2, 0) is 4.79 Å². The molecule has 4 N–H and O–H groups in total. The number of carboxylic acid groups (broad SMARTS) is 1. The maximum Gasteiger partial charge on any atom is 0.334 e. The number of aliphatic hydroxyl groups is 1. The highest BCUT2D eigenvalue weighted by Crippen LogP contribution is 2.23. The second-order valence-electron chi connectivity index (χ2n) is 2.76. The quantitative estimate of drug-likeness (QED) is 0.665. The SMILES string of the molecule is Cc1ccc([C@H](N)[C@@H](O)C(=O)O)s1. The summed E-state index contributed by atoms with van der Waals surface area (Å²) in [5.74, 6) is -1.29. The van der Waals surface area contributed by atoms with Crippen LogP contribution in [0.4, 0.5) is 0 Å². The van der Waals surface area contributed by atoms with E-state index in [2.05, 4.69) is 0 Å². The normalized spacial score (nSPS) is 15.3. The van der Waals surface area contributed by atoms with E-state index in [0.717, 1.165) is 4.88 Å². The molecule has 4 nitrogen and oxygen atoms in total. The number of rotatable bonds is 3. The first-order valence-electron chi connectivity index (χ1n) is 3.75. The summed E-state index contributed by atoms with van der Waals surface area (Å²) in [5, 5.41) is 17.6. The predicted octanol–water partition coefficient (Wildman–Crippen LogP) is 0.502. The first-order valence-corrected chi connectivity index (χ1v) is 4.57. The summed E-state index contributed by atoms with van der Waals surface area (Å²) in [6.45, 7) is 1.90. The van der Waals surface area contributed by atoms with E-state index in [1.165, 1.54) is 11.3 Å². The van der Waals surface area contributed by atoms with Crippen LogP contribution in [0.5, 0.6) is 0 Å². The van der Waals surface area contributed by atoms with Crippen molar-refractivity contribution in [2.24, 2.45) is 5.73 Å². The third-order valence-electron chi connectivity index (χ3n) is 1.68. The van der Waals surface area contributed by atoms with Gasteiger partial charge >= 0.3 is 5.97 Å². The molecular weight excluding hydrogens is 190 g/mol. The van der Waals surface area contributed by atoms with Crippen molar-refractivity contribution in [3.63, 3.8) is 0 Å². The summed E-state index contributed by atoms with van der Waals surface area (Å²) in [4.78, 5) is 12.1. The van der Waals surface area contributed by atoms with Gasteiger partial charge in [0.25, 0.3) is 0 Å². The van der Waals surface area contributed by atoms with Gasteiger partial charge in [0.2, 0.25) is 0 Å². The topological polar surface area (TPSA) is 83.5 Å². The van der Waals surface area contributed by atoms with Crippen molar-refractivity contribution in [1.29, 1.82) is 0 Å². The molecule has 1 rings (SSSR count). The van der Waals surface area contributed by atoms with E-state index < -0.39 is 18.1 Å². The van der Waals surface area contributed by atoms with Gasteiger partial charge < -0.3 is 15.9 Å². The van der Waals surface area contributed by atoms with Gasteiger partial charge in [-0.15, -0.1) is 11.3 Å². The van der Waals surface area contributed by atoms with E-state index in [1.807, 2.05) is 13.0 Å². The van der Waals surface area contributed by atoms with E-state index in [1.54, 1.807) is 6.07 Å². The van der Waals surface area contributed by atoms with Crippen molar-refractivity contribution in [2.75, 3.05) is 0 Å². The molecule has 0 aliphatic carbocycles. The van der Waals surface area contributed by atoms with Crippen LogP contribution >= 0.6 is 11.3 Å². The van der Waals surface area contributed by atoms with Gasteiger partial charge in [0.15, 0.2) is 6.10 Å². The van der Waals surface area contributed by atoms with Crippen molar-refractivity contribution >= 4 is 17.3 Å². The molecule has 0 aromatic carbocycles. The molecule has 0 amide bonds. The lowest BCUT2D eigenvalue weighted by molar-refractivity contribution is -0.147. The third-order valence-corrected chi connectivity index (χ3v) is 2.78. The van der Waals surface area contributed by atoms with Crippen molar-refractivity contribution < 1.29 is 15.0 Å². The minimum absolute atomic E-state index is 0.687. The molecule has 0 aliphatic rings. The van der Waals surface area contributed by atoms with Gasteiger partial charge in [0, 0.05) is 9.75 Å². The van der Waals surface area contributed by atoms with Crippen LogP contribution in [0.1, 0.15) is 15.8 Å². The van der Waals surface area contributed by atoms with Crippen molar-refractivity contribution in [3.8, 4) is 0 Å². The van der Waals surface area contributed by atoms with Crippen LogP contribution < -0.4 is 5.73 Å². The van der Waals surface area contributed by atoms with Crippen LogP contribution in [0.2, 0.25) is 0 Å². The first-order chi connectivity index (χ1) is 6.02. The van der Waals surface area contributed by atoms with Crippen molar-refractivity contribution in [1.82, 2.24) is 0 Å². The van der Waals surface area contributed by atoms with Crippen LogP contribution in [0.3, 0.4) is 0 Å². The molecule has 1 heterocycles. The minimum atomic E-state index is -1.53. The fraction of sp³-hybridized carbons (Fsp3) is 0.375. The zero-order valence-corrected chi connectivity index (χ0v) is 7.91. The number of aliphatic carboxylic acids is 1. The molecule has 1 aromatic heterocycles. The molecule has 0 bridgehead atoms. The Bertz CT molecular complexity index is 310. The highest BCUT2D eigenvalue weighted by Gasteiger charge is 2.24. The summed E-state index contributed by atoms with van der Waals surface area (Å²) < 4.78 is 0. The number of nitrogens with two attached hydrogens (primary N) is 1. The standard InChI is InChI=1S/C8H11NO3S/c1-4-2-3-5(13-4)6(9)7(10)8(11)12/h2-3,6-7,10H,9H2,1H3,(H,11,12)/t6-,7+/m0/s1. The number of hydrogen-bond acceptors (Lipinski definition) is 4. The number of thiophene rings is 1. The maximum atomic E-state index is 10.4. The van der Waals surface area contributed by atoms with Gasteiger partial charge in [-0.3, -0.25) is 0 Å². The zero-order valence-electron chi connectivity index (χ0n) is 7.10. The molecular formula is C8H11NO3S. The van der Waals surface area contributed by atoms with E-state index >= 15 is 0 Å². The van der Waals surface area contributed by atoms with Gasteiger partial charge in [-0.1, -0.05) is 0 Å². The monoisotopic (exact) mass is 201 g/mol. The minimum Gasteiger partial charge on any atom is -0.479 e. The molecule has 5 heteroatoms. The predicted molar refractivity (Wildman–Crippen MR) is 49.6 cm³/mol. The Morgan fingerprint density at radius 1 is 1.62 bits per heavy atom. The average molecular weight is 201 g/mol. The highest BCUT2D eigenvalue weighted by atomic mass is 32.1. The third kappa shape index (κ3) is 2.27. The Kier molecular flexibility index (Phi) is 3.02. The lowest BCUT2D eigenvalue weighted by Crippen LogP contribution is -2.32. The summed E-state index contributed by atoms with van der Waals surface area (Å²) in [6, 6.07) is 2.74. The van der Waals surface area contributed by atoms with Crippen LogP contribution in [0.25, 0.3) is 0 Å². The van der Waals surface area contributed by atoms with Gasteiger partial charge in [-0.2, -0.15) is 0 Å². The summed E-state index contributed by atoms with van der Waals surface area (Å²) in [5.41, 5.74) is 5.53. The van der Waals surface area contributed by atoms with E-state index in [0.29, 0.717) is 4.88 Å². The Morgan fingerprint density at radius 3 is 2.62 bits per heavy atom. The molecule has 0 saturated heterocycles. The fourth-order valence-electron chi connectivity index (χ4n) is 0.942. The molecule has 0 saturated carbocycles. The maximum absolute atomic E-state index is 10.4. The molecule has 0 fully saturated rings. The zero-order chi connectivity index (χ0) is 10.0. The van der Waals surface area contributed by atoms with Crippen LogP contribution in [-0.4, -0.2) is 22.3 Å². The molecule has 1 aromatic rings. The van der Waals surface area contributed by atoms with E-state index in [-0.39, 0.29) is 0 Å². The summed E-state index contributed by atoms with van der Waals surface area (Å²) in [7, 11) is 0. The van der Waals surface area contributed by atoms with Gasteiger partial charge in [0.05, 0.1) is 6.04 Å². The lowest BCUT2D eigenvalue weighted by Gasteiger charge is -2.12. The van der Waals surface area contributed by atoms with Crippen molar-refractivity contribution in [2.45, 2.75) is 19.1 Å².